The summed E-state index contributed by atoms with van der Waals surface area (Å²) in [5, 5.41) is 13.6. The van der Waals surface area contributed by atoms with E-state index in [2.05, 4.69) is 10.5 Å². The second-order valence-electron chi connectivity index (χ2n) is 4.72. The molecule has 2 aromatic rings. The Labute approximate surface area is 134 Å². The predicted molar refractivity (Wildman–Crippen MR) is 86.9 cm³/mol. The van der Waals surface area contributed by atoms with Crippen molar-refractivity contribution in [2.24, 2.45) is 5.10 Å². The molecule has 0 spiro atoms. The molecule has 120 valence electrons. The number of benzene rings is 2. The molecule has 0 fully saturated rings. The normalized spacial score (nSPS) is 11.0. The Morgan fingerprint density at radius 2 is 1.96 bits per heavy atom. The molecule has 6 nitrogen and oxygen atoms in total. The fourth-order valence-corrected chi connectivity index (χ4v) is 1.81. The number of carbonyl (C=O) groups excluding carboxylic acids is 1. The summed E-state index contributed by atoms with van der Waals surface area (Å²) < 4.78 is 10.4. The van der Waals surface area contributed by atoms with Crippen LogP contribution >= 0.6 is 0 Å². The standard InChI is InChI=1S/C17H18N2O4/c1-12(13-8-9-15(20)16(10-13)22-2)18-19-17(21)11-23-14-6-4-3-5-7-14/h3-10,20H,11H2,1-2H3,(H,19,21). The van der Waals surface area contributed by atoms with Gasteiger partial charge in [-0.1, -0.05) is 18.2 Å². The van der Waals surface area contributed by atoms with Gasteiger partial charge in [-0.2, -0.15) is 5.10 Å². The van der Waals surface area contributed by atoms with Gasteiger partial charge in [0.15, 0.2) is 18.1 Å². The van der Waals surface area contributed by atoms with Crippen LogP contribution in [-0.4, -0.2) is 30.4 Å². The number of hydrazone groups is 1. The van der Waals surface area contributed by atoms with E-state index in [0.29, 0.717) is 17.2 Å². The van der Waals surface area contributed by atoms with E-state index in [0.717, 1.165) is 5.56 Å². The summed E-state index contributed by atoms with van der Waals surface area (Å²) >= 11 is 0. The molecule has 0 aliphatic heterocycles. The maximum atomic E-state index is 11.7. The maximum absolute atomic E-state index is 11.7. The molecular weight excluding hydrogens is 296 g/mol. The first-order valence-corrected chi connectivity index (χ1v) is 6.98. The van der Waals surface area contributed by atoms with Crippen molar-refractivity contribution < 1.29 is 19.4 Å². The van der Waals surface area contributed by atoms with Gasteiger partial charge in [0.05, 0.1) is 12.8 Å². The highest BCUT2D eigenvalue weighted by Gasteiger charge is 2.06. The lowest BCUT2D eigenvalue weighted by Crippen LogP contribution is -2.25. The van der Waals surface area contributed by atoms with Crippen LogP contribution in [0.5, 0.6) is 17.2 Å². The first-order chi connectivity index (χ1) is 11.1. The largest absolute Gasteiger partial charge is 0.504 e. The predicted octanol–water partition coefficient (Wildman–Crippen LogP) is 2.32. The zero-order valence-corrected chi connectivity index (χ0v) is 12.9. The van der Waals surface area contributed by atoms with Crippen LogP contribution in [0.15, 0.2) is 53.6 Å². The minimum Gasteiger partial charge on any atom is -0.504 e. The first-order valence-electron chi connectivity index (χ1n) is 6.98. The van der Waals surface area contributed by atoms with Crippen LogP contribution in [0.2, 0.25) is 0 Å². The Hall–Kier alpha value is -3.02. The number of carbonyl (C=O) groups is 1. The van der Waals surface area contributed by atoms with E-state index in [1.165, 1.54) is 13.2 Å². The number of aromatic hydroxyl groups is 1. The van der Waals surface area contributed by atoms with Gasteiger partial charge in [-0.15, -0.1) is 0 Å². The molecule has 2 rings (SSSR count). The number of methoxy groups -OCH3 is 1. The van der Waals surface area contributed by atoms with Gasteiger partial charge < -0.3 is 14.6 Å². The van der Waals surface area contributed by atoms with Crippen LogP contribution in [0, 0.1) is 0 Å². The third kappa shape index (κ3) is 4.74. The van der Waals surface area contributed by atoms with Crippen LogP contribution in [-0.2, 0) is 4.79 Å². The van der Waals surface area contributed by atoms with E-state index >= 15 is 0 Å². The van der Waals surface area contributed by atoms with E-state index in [1.807, 2.05) is 18.2 Å². The van der Waals surface area contributed by atoms with Gasteiger partial charge in [0.2, 0.25) is 0 Å². The van der Waals surface area contributed by atoms with Crippen molar-refractivity contribution in [2.75, 3.05) is 13.7 Å². The van der Waals surface area contributed by atoms with Crippen molar-refractivity contribution in [1.29, 1.82) is 0 Å². The molecule has 1 amide bonds. The average molecular weight is 314 g/mol. The molecule has 2 aromatic carbocycles. The number of para-hydroxylation sites is 1. The quantitative estimate of drug-likeness (QED) is 0.633. The van der Waals surface area contributed by atoms with E-state index in [1.54, 1.807) is 31.2 Å². The van der Waals surface area contributed by atoms with Crippen molar-refractivity contribution in [3.8, 4) is 17.2 Å². The smallest absolute Gasteiger partial charge is 0.277 e. The van der Waals surface area contributed by atoms with Crippen molar-refractivity contribution in [3.05, 3.63) is 54.1 Å². The lowest BCUT2D eigenvalue weighted by molar-refractivity contribution is -0.123. The number of amides is 1. The summed E-state index contributed by atoms with van der Waals surface area (Å²) in [6.07, 6.45) is 0. The number of rotatable bonds is 6. The second-order valence-corrected chi connectivity index (χ2v) is 4.72. The second kappa shape index (κ2) is 7.84. The lowest BCUT2D eigenvalue weighted by atomic mass is 10.1. The molecule has 0 aliphatic carbocycles. The molecule has 0 bridgehead atoms. The molecule has 23 heavy (non-hydrogen) atoms. The van der Waals surface area contributed by atoms with Crippen LogP contribution in [0.1, 0.15) is 12.5 Å². The molecule has 0 saturated heterocycles. The molecular formula is C17H18N2O4. The third-order valence-electron chi connectivity index (χ3n) is 3.06. The summed E-state index contributed by atoms with van der Waals surface area (Å²) in [7, 11) is 1.47. The molecule has 0 heterocycles. The fourth-order valence-electron chi connectivity index (χ4n) is 1.81. The molecule has 2 N–H and O–H groups in total. The monoisotopic (exact) mass is 314 g/mol. The number of nitrogens with one attached hydrogen (secondary N) is 1. The molecule has 0 aromatic heterocycles. The van der Waals surface area contributed by atoms with Gasteiger partial charge in [-0.05, 0) is 37.3 Å². The SMILES string of the molecule is COc1cc(C(C)=NNC(=O)COc2ccccc2)ccc1O. The molecule has 0 atom stereocenters. The minimum absolute atomic E-state index is 0.0457. The minimum atomic E-state index is -0.362. The van der Waals surface area contributed by atoms with Gasteiger partial charge in [-0.3, -0.25) is 4.79 Å². The Morgan fingerprint density at radius 1 is 1.22 bits per heavy atom. The highest BCUT2D eigenvalue weighted by Crippen LogP contribution is 2.26. The summed E-state index contributed by atoms with van der Waals surface area (Å²) in [5.41, 5.74) is 3.73. The number of phenolic OH excluding ortho intramolecular Hbond substituents is 1. The van der Waals surface area contributed by atoms with Gasteiger partial charge in [0.1, 0.15) is 5.75 Å². The third-order valence-corrected chi connectivity index (χ3v) is 3.06. The van der Waals surface area contributed by atoms with Gasteiger partial charge in [0, 0.05) is 5.56 Å². The maximum Gasteiger partial charge on any atom is 0.277 e. The molecule has 0 saturated carbocycles. The fraction of sp³-hybridized carbons (Fsp3) is 0.176. The number of phenols is 1. The zero-order valence-electron chi connectivity index (χ0n) is 12.9. The van der Waals surface area contributed by atoms with E-state index < -0.39 is 0 Å². The van der Waals surface area contributed by atoms with Gasteiger partial charge >= 0.3 is 0 Å². The topological polar surface area (TPSA) is 80.2 Å². The highest BCUT2D eigenvalue weighted by molar-refractivity contribution is 5.99. The molecule has 0 radical (unpaired) electrons. The van der Waals surface area contributed by atoms with Crippen molar-refractivity contribution in [2.45, 2.75) is 6.92 Å². The van der Waals surface area contributed by atoms with Crippen LogP contribution in [0.25, 0.3) is 0 Å². The Morgan fingerprint density at radius 3 is 2.65 bits per heavy atom. The molecule has 6 heteroatoms. The Kier molecular flexibility index (Phi) is 5.57. The molecule has 0 aliphatic rings. The molecule has 0 unspecified atom stereocenters. The lowest BCUT2D eigenvalue weighted by Gasteiger charge is -2.07. The van der Waals surface area contributed by atoms with Crippen molar-refractivity contribution in [1.82, 2.24) is 5.43 Å². The van der Waals surface area contributed by atoms with Crippen LogP contribution in [0.4, 0.5) is 0 Å². The number of ether oxygens (including phenoxy) is 2. The number of hydrogen-bond acceptors (Lipinski definition) is 5. The average Bonchev–Trinajstić information content (AvgIpc) is 2.59. The van der Waals surface area contributed by atoms with Crippen LogP contribution < -0.4 is 14.9 Å². The summed E-state index contributed by atoms with van der Waals surface area (Å²) in [6, 6.07) is 13.9. The van der Waals surface area contributed by atoms with Gasteiger partial charge in [0.25, 0.3) is 5.91 Å². The summed E-state index contributed by atoms with van der Waals surface area (Å²) in [6.45, 7) is 1.61. The van der Waals surface area contributed by atoms with Crippen molar-refractivity contribution in [3.63, 3.8) is 0 Å². The number of hydrogen-bond donors (Lipinski definition) is 2. The van der Waals surface area contributed by atoms with E-state index in [-0.39, 0.29) is 18.3 Å². The van der Waals surface area contributed by atoms with Gasteiger partial charge in [-0.25, -0.2) is 5.43 Å². The zero-order chi connectivity index (χ0) is 16.7. The first kappa shape index (κ1) is 16.4. The van der Waals surface area contributed by atoms with Crippen LogP contribution in [0.3, 0.4) is 0 Å². The van der Waals surface area contributed by atoms with Crippen molar-refractivity contribution >= 4 is 11.6 Å². The summed E-state index contributed by atoms with van der Waals surface area (Å²) in [4.78, 5) is 11.7. The van der Waals surface area contributed by atoms with E-state index in [4.69, 9.17) is 9.47 Å². The Bertz CT molecular complexity index is 699. The highest BCUT2D eigenvalue weighted by atomic mass is 16.5. The number of nitrogens with zero attached hydrogens (tertiary/aromatic N) is 1. The Balaban J connectivity index is 1.92. The van der Waals surface area contributed by atoms with E-state index in [9.17, 15) is 9.90 Å². The summed E-state index contributed by atoms with van der Waals surface area (Å²) in [5.74, 6) is 0.644.